The predicted octanol–water partition coefficient (Wildman–Crippen LogP) is 3.05. The fourth-order valence-corrected chi connectivity index (χ4v) is 2.85. The average Bonchev–Trinajstić information content (AvgIpc) is 2.95. The van der Waals surface area contributed by atoms with Gasteiger partial charge in [0.25, 0.3) is 5.91 Å². The first-order valence-corrected chi connectivity index (χ1v) is 7.05. The van der Waals surface area contributed by atoms with Gasteiger partial charge in [-0.05, 0) is 30.7 Å². The van der Waals surface area contributed by atoms with Crippen LogP contribution in [0.25, 0.3) is 0 Å². The Morgan fingerprint density at radius 3 is 3.16 bits per heavy atom. The van der Waals surface area contributed by atoms with Gasteiger partial charge in [-0.2, -0.15) is 0 Å². The Kier molecular flexibility index (Phi) is 3.16. The molecule has 0 bridgehead atoms. The SMILES string of the molecule is Cc1csc(NC(=O)[C@H]2Cc3cc(Cl)ccc3O2)n1. The van der Waals surface area contributed by atoms with Gasteiger partial charge in [-0.25, -0.2) is 4.98 Å². The Hall–Kier alpha value is -1.59. The first-order valence-electron chi connectivity index (χ1n) is 5.80. The third kappa shape index (κ3) is 2.57. The highest BCUT2D eigenvalue weighted by atomic mass is 35.5. The van der Waals surface area contributed by atoms with Crippen LogP contribution in [0.1, 0.15) is 11.3 Å². The molecule has 2 aromatic rings. The second-order valence-electron chi connectivity index (χ2n) is 4.35. The number of fused-ring (bicyclic) bond motifs is 1. The number of hydrogen-bond acceptors (Lipinski definition) is 4. The molecule has 3 rings (SSSR count). The summed E-state index contributed by atoms with van der Waals surface area (Å²) in [5.41, 5.74) is 1.85. The smallest absolute Gasteiger partial charge is 0.267 e. The molecular weight excluding hydrogens is 284 g/mol. The average molecular weight is 295 g/mol. The molecule has 1 amide bonds. The van der Waals surface area contributed by atoms with Crippen molar-refractivity contribution in [2.45, 2.75) is 19.4 Å². The minimum Gasteiger partial charge on any atom is -0.480 e. The van der Waals surface area contributed by atoms with Gasteiger partial charge in [0.2, 0.25) is 0 Å². The zero-order valence-corrected chi connectivity index (χ0v) is 11.7. The number of benzene rings is 1. The van der Waals surface area contributed by atoms with Crippen molar-refractivity contribution < 1.29 is 9.53 Å². The number of anilines is 1. The van der Waals surface area contributed by atoms with Crippen LogP contribution in [-0.4, -0.2) is 17.0 Å². The molecule has 0 aliphatic carbocycles. The molecule has 0 unspecified atom stereocenters. The van der Waals surface area contributed by atoms with Crippen LogP contribution in [0.5, 0.6) is 5.75 Å². The highest BCUT2D eigenvalue weighted by Crippen LogP contribution is 2.31. The molecule has 98 valence electrons. The van der Waals surface area contributed by atoms with E-state index in [2.05, 4.69) is 10.3 Å². The van der Waals surface area contributed by atoms with Crippen LogP contribution in [0.3, 0.4) is 0 Å². The van der Waals surface area contributed by atoms with E-state index in [1.807, 2.05) is 18.4 Å². The monoisotopic (exact) mass is 294 g/mol. The van der Waals surface area contributed by atoms with Gasteiger partial charge in [-0.15, -0.1) is 11.3 Å². The summed E-state index contributed by atoms with van der Waals surface area (Å²) in [6.07, 6.45) is 0.0178. The van der Waals surface area contributed by atoms with Gasteiger partial charge in [-0.1, -0.05) is 11.6 Å². The Morgan fingerprint density at radius 1 is 1.58 bits per heavy atom. The van der Waals surface area contributed by atoms with E-state index in [4.69, 9.17) is 16.3 Å². The molecule has 1 aliphatic rings. The highest BCUT2D eigenvalue weighted by molar-refractivity contribution is 7.13. The number of ether oxygens (including phenoxy) is 1. The molecule has 0 fully saturated rings. The van der Waals surface area contributed by atoms with Gasteiger partial charge in [0, 0.05) is 16.8 Å². The lowest BCUT2D eigenvalue weighted by Gasteiger charge is -2.09. The number of thiazole rings is 1. The molecule has 0 radical (unpaired) electrons. The van der Waals surface area contributed by atoms with Crippen LogP contribution in [0.15, 0.2) is 23.6 Å². The molecule has 1 aliphatic heterocycles. The van der Waals surface area contributed by atoms with Gasteiger partial charge >= 0.3 is 0 Å². The normalized spacial score (nSPS) is 16.8. The lowest BCUT2D eigenvalue weighted by atomic mass is 10.1. The molecule has 1 aromatic carbocycles. The summed E-state index contributed by atoms with van der Waals surface area (Å²) in [7, 11) is 0. The molecule has 0 spiro atoms. The fourth-order valence-electron chi connectivity index (χ4n) is 1.96. The maximum atomic E-state index is 12.1. The van der Waals surface area contributed by atoms with Crippen molar-refractivity contribution in [2.75, 3.05) is 5.32 Å². The summed E-state index contributed by atoms with van der Waals surface area (Å²) < 4.78 is 5.61. The third-order valence-corrected chi connectivity index (χ3v) is 3.95. The van der Waals surface area contributed by atoms with E-state index < -0.39 is 6.10 Å². The van der Waals surface area contributed by atoms with Crippen molar-refractivity contribution in [3.05, 3.63) is 39.9 Å². The van der Waals surface area contributed by atoms with Crippen LogP contribution in [-0.2, 0) is 11.2 Å². The summed E-state index contributed by atoms with van der Waals surface area (Å²) in [5.74, 6) is 0.543. The second-order valence-corrected chi connectivity index (χ2v) is 5.64. The number of rotatable bonds is 2. The molecule has 19 heavy (non-hydrogen) atoms. The lowest BCUT2D eigenvalue weighted by molar-refractivity contribution is -0.122. The number of hydrogen-bond donors (Lipinski definition) is 1. The molecule has 2 heterocycles. The van der Waals surface area contributed by atoms with E-state index in [0.29, 0.717) is 16.6 Å². The minimum absolute atomic E-state index is 0.179. The molecule has 6 heteroatoms. The van der Waals surface area contributed by atoms with Crippen LogP contribution < -0.4 is 10.1 Å². The van der Waals surface area contributed by atoms with Crippen molar-refractivity contribution in [1.29, 1.82) is 0 Å². The van der Waals surface area contributed by atoms with E-state index >= 15 is 0 Å². The van der Waals surface area contributed by atoms with E-state index in [0.717, 1.165) is 17.0 Å². The Balaban J connectivity index is 1.70. The molecule has 0 saturated heterocycles. The van der Waals surface area contributed by atoms with Gasteiger partial charge in [0.1, 0.15) is 5.75 Å². The van der Waals surface area contributed by atoms with Gasteiger partial charge in [0.05, 0.1) is 5.69 Å². The summed E-state index contributed by atoms with van der Waals surface area (Å²) >= 11 is 7.32. The van der Waals surface area contributed by atoms with Crippen LogP contribution in [0, 0.1) is 6.92 Å². The van der Waals surface area contributed by atoms with E-state index in [9.17, 15) is 4.79 Å². The van der Waals surface area contributed by atoms with E-state index in [-0.39, 0.29) is 5.91 Å². The number of carbonyl (C=O) groups is 1. The number of carbonyl (C=O) groups excluding carboxylic acids is 1. The van der Waals surface area contributed by atoms with Crippen molar-refractivity contribution in [3.63, 3.8) is 0 Å². The maximum Gasteiger partial charge on any atom is 0.267 e. The minimum atomic E-state index is -0.516. The quantitative estimate of drug-likeness (QED) is 0.926. The Labute approximate surface area is 119 Å². The number of nitrogens with zero attached hydrogens (tertiary/aromatic N) is 1. The van der Waals surface area contributed by atoms with Crippen molar-refractivity contribution in [3.8, 4) is 5.75 Å². The lowest BCUT2D eigenvalue weighted by Crippen LogP contribution is -2.31. The fraction of sp³-hybridized carbons (Fsp3) is 0.231. The van der Waals surface area contributed by atoms with Crippen molar-refractivity contribution in [1.82, 2.24) is 4.98 Å². The summed E-state index contributed by atoms with van der Waals surface area (Å²) in [6.45, 7) is 1.88. The zero-order valence-electron chi connectivity index (χ0n) is 10.1. The molecular formula is C13H11ClN2O2S. The molecule has 1 N–H and O–H groups in total. The molecule has 1 atom stereocenters. The van der Waals surface area contributed by atoms with Gasteiger partial charge < -0.3 is 4.74 Å². The number of nitrogens with one attached hydrogen (secondary N) is 1. The van der Waals surface area contributed by atoms with Crippen LogP contribution in [0.2, 0.25) is 5.02 Å². The van der Waals surface area contributed by atoms with Crippen molar-refractivity contribution >= 4 is 34.0 Å². The number of amides is 1. The first kappa shape index (κ1) is 12.4. The summed E-state index contributed by atoms with van der Waals surface area (Å²) in [4.78, 5) is 16.3. The standard InChI is InChI=1S/C13H11ClN2O2S/c1-7-6-19-13(15-7)16-12(17)11-5-8-4-9(14)2-3-10(8)18-11/h2-4,6,11H,5H2,1H3,(H,15,16,17)/t11-/m1/s1. The number of aromatic nitrogens is 1. The van der Waals surface area contributed by atoms with Crippen LogP contribution >= 0.6 is 22.9 Å². The van der Waals surface area contributed by atoms with Gasteiger partial charge in [0.15, 0.2) is 11.2 Å². The molecule has 4 nitrogen and oxygen atoms in total. The first-order chi connectivity index (χ1) is 9.11. The Bertz CT molecular complexity index is 641. The van der Waals surface area contributed by atoms with E-state index in [1.165, 1.54) is 11.3 Å². The highest BCUT2D eigenvalue weighted by Gasteiger charge is 2.29. The van der Waals surface area contributed by atoms with Crippen LogP contribution in [0.4, 0.5) is 5.13 Å². The third-order valence-electron chi connectivity index (χ3n) is 2.84. The summed E-state index contributed by atoms with van der Waals surface area (Å²) in [5, 5.41) is 5.90. The molecule has 0 saturated carbocycles. The number of halogens is 1. The topological polar surface area (TPSA) is 51.2 Å². The molecule has 1 aromatic heterocycles. The second kappa shape index (κ2) is 4.83. The summed E-state index contributed by atoms with van der Waals surface area (Å²) in [6, 6.07) is 5.38. The zero-order chi connectivity index (χ0) is 13.4. The Morgan fingerprint density at radius 2 is 2.42 bits per heavy atom. The predicted molar refractivity (Wildman–Crippen MR) is 75.1 cm³/mol. The maximum absolute atomic E-state index is 12.1. The number of aryl methyl sites for hydroxylation is 1. The largest absolute Gasteiger partial charge is 0.480 e. The van der Waals surface area contributed by atoms with Crippen molar-refractivity contribution in [2.24, 2.45) is 0 Å². The van der Waals surface area contributed by atoms with Gasteiger partial charge in [-0.3, -0.25) is 10.1 Å². The van der Waals surface area contributed by atoms with E-state index in [1.54, 1.807) is 12.1 Å².